The Morgan fingerprint density at radius 1 is 0.531 bits per heavy atom. The fourth-order valence-corrected chi connectivity index (χ4v) is 3.87. The van der Waals surface area contributed by atoms with E-state index in [1.165, 1.54) is 0 Å². The number of rotatable bonds is 7. The maximum Gasteiger partial charge on any atom is 0.131 e. The minimum absolute atomic E-state index is 0.0740. The van der Waals surface area contributed by atoms with Gasteiger partial charge in [-0.15, -0.1) is 0 Å². The zero-order valence-electron chi connectivity index (χ0n) is 18.4. The van der Waals surface area contributed by atoms with Gasteiger partial charge in [0.1, 0.15) is 23.0 Å². The zero-order chi connectivity index (χ0) is 22.5. The Balaban J connectivity index is 1.72. The van der Waals surface area contributed by atoms with Crippen molar-refractivity contribution in [1.82, 2.24) is 0 Å². The molecule has 0 spiro atoms. The van der Waals surface area contributed by atoms with E-state index in [0.29, 0.717) is 17.3 Å². The second-order valence-corrected chi connectivity index (χ2v) is 8.14. The molecule has 4 aromatic rings. The molecule has 0 atom stereocenters. The van der Waals surface area contributed by atoms with Gasteiger partial charge in [0.15, 0.2) is 0 Å². The fourth-order valence-electron chi connectivity index (χ4n) is 3.87. The van der Waals surface area contributed by atoms with Gasteiger partial charge in [0.2, 0.25) is 0 Å². The van der Waals surface area contributed by atoms with Crippen LogP contribution < -0.4 is 20.9 Å². The molecule has 32 heavy (non-hydrogen) atoms. The van der Waals surface area contributed by atoms with Gasteiger partial charge in [0.25, 0.3) is 0 Å². The van der Waals surface area contributed by atoms with Crippen molar-refractivity contribution >= 4 is 11.4 Å². The molecule has 0 saturated carbocycles. The first-order valence-electron chi connectivity index (χ1n) is 10.8. The summed E-state index contributed by atoms with van der Waals surface area (Å²) in [4.78, 5) is 0. The first-order valence-corrected chi connectivity index (χ1v) is 10.8. The van der Waals surface area contributed by atoms with Crippen molar-refractivity contribution in [3.8, 4) is 23.0 Å². The van der Waals surface area contributed by atoms with Gasteiger partial charge in [-0.3, -0.25) is 0 Å². The second-order valence-electron chi connectivity index (χ2n) is 8.14. The molecule has 0 amide bonds. The van der Waals surface area contributed by atoms with Crippen LogP contribution in [0.4, 0.5) is 11.4 Å². The molecule has 0 aromatic heterocycles. The summed E-state index contributed by atoms with van der Waals surface area (Å²) in [6.45, 7) is 4.43. The number of nitrogen functional groups attached to an aromatic ring is 2. The van der Waals surface area contributed by atoms with Gasteiger partial charge >= 0.3 is 0 Å². The van der Waals surface area contributed by atoms with E-state index in [1.807, 2.05) is 84.9 Å². The molecule has 0 fully saturated rings. The lowest BCUT2D eigenvalue weighted by atomic mass is 9.81. The highest BCUT2D eigenvalue weighted by Crippen LogP contribution is 2.43. The number of ether oxygens (including phenoxy) is 2. The Bertz CT molecular complexity index is 1080. The van der Waals surface area contributed by atoms with E-state index in [9.17, 15) is 0 Å². The van der Waals surface area contributed by atoms with Crippen LogP contribution in [0.2, 0.25) is 0 Å². The molecule has 0 radical (unpaired) electrons. The molecule has 0 aliphatic carbocycles. The van der Waals surface area contributed by atoms with E-state index in [-0.39, 0.29) is 5.92 Å². The molecule has 162 valence electrons. The minimum atomic E-state index is 0.0740. The fraction of sp³-hybridized carbons (Fsp3) is 0.143. The van der Waals surface area contributed by atoms with Crippen molar-refractivity contribution in [2.45, 2.75) is 19.8 Å². The highest BCUT2D eigenvalue weighted by Gasteiger charge is 2.25. The van der Waals surface area contributed by atoms with Crippen molar-refractivity contribution in [3.63, 3.8) is 0 Å². The van der Waals surface area contributed by atoms with Gasteiger partial charge in [0, 0.05) is 28.4 Å². The average molecular weight is 425 g/mol. The van der Waals surface area contributed by atoms with Gasteiger partial charge in [-0.1, -0.05) is 50.2 Å². The van der Waals surface area contributed by atoms with E-state index in [0.717, 1.165) is 34.1 Å². The molecule has 4 heteroatoms. The largest absolute Gasteiger partial charge is 0.457 e. The lowest BCUT2D eigenvalue weighted by molar-refractivity contribution is 0.444. The average Bonchev–Trinajstić information content (AvgIpc) is 2.79. The number of benzene rings is 4. The van der Waals surface area contributed by atoms with Crippen molar-refractivity contribution in [3.05, 3.63) is 108 Å². The first-order chi connectivity index (χ1) is 15.5. The van der Waals surface area contributed by atoms with E-state index in [2.05, 4.69) is 26.0 Å². The SMILES string of the molecule is CC(C)C(c1ccccc1Oc1ccc(N)cc1)c1ccccc1Oc1ccc(N)cc1. The van der Waals surface area contributed by atoms with Gasteiger partial charge < -0.3 is 20.9 Å². The lowest BCUT2D eigenvalue weighted by Gasteiger charge is -2.26. The maximum atomic E-state index is 6.28. The van der Waals surface area contributed by atoms with Crippen LogP contribution in [-0.4, -0.2) is 0 Å². The molecule has 4 N–H and O–H groups in total. The summed E-state index contributed by atoms with van der Waals surface area (Å²) >= 11 is 0. The first kappa shape index (κ1) is 21.3. The summed E-state index contributed by atoms with van der Waals surface area (Å²) in [6.07, 6.45) is 0. The Kier molecular flexibility index (Phi) is 6.31. The number of nitrogens with two attached hydrogens (primary N) is 2. The van der Waals surface area contributed by atoms with Gasteiger partial charge in [-0.05, 0) is 66.6 Å². The topological polar surface area (TPSA) is 70.5 Å². The van der Waals surface area contributed by atoms with E-state index in [4.69, 9.17) is 20.9 Å². The summed E-state index contributed by atoms with van der Waals surface area (Å²) in [6, 6.07) is 31.2. The molecule has 0 aliphatic rings. The number of anilines is 2. The molecule has 0 heterocycles. The molecule has 4 aromatic carbocycles. The molecule has 0 unspecified atom stereocenters. The van der Waals surface area contributed by atoms with E-state index < -0.39 is 0 Å². The van der Waals surface area contributed by atoms with Crippen molar-refractivity contribution in [2.75, 3.05) is 11.5 Å². The van der Waals surface area contributed by atoms with Crippen LogP contribution in [0.15, 0.2) is 97.1 Å². The highest BCUT2D eigenvalue weighted by atomic mass is 16.5. The molecule has 4 rings (SSSR count). The third-order valence-electron chi connectivity index (χ3n) is 5.39. The Morgan fingerprint density at radius 2 is 0.906 bits per heavy atom. The minimum Gasteiger partial charge on any atom is -0.457 e. The van der Waals surface area contributed by atoms with Crippen LogP contribution in [0.25, 0.3) is 0 Å². The summed E-state index contributed by atoms with van der Waals surface area (Å²) in [7, 11) is 0. The summed E-state index contributed by atoms with van der Waals surface area (Å²) in [5.74, 6) is 3.52. The Morgan fingerprint density at radius 3 is 1.28 bits per heavy atom. The van der Waals surface area contributed by atoms with Crippen LogP contribution in [0.5, 0.6) is 23.0 Å². The smallest absolute Gasteiger partial charge is 0.131 e. The summed E-state index contributed by atoms with van der Waals surface area (Å²) in [5, 5.41) is 0. The standard InChI is InChI=1S/C28H28N2O2/c1-19(2)28(24-7-3-5-9-26(24)31-22-15-11-20(29)12-16-22)25-8-4-6-10-27(25)32-23-17-13-21(30)14-18-23/h3-19,28H,29-30H2,1-2H3. The van der Waals surface area contributed by atoms with Crippen molar-refractivity contribution < 1.29 is 9.47 Å². The predicted octanol–water partition coefficient (Wildman–Crippen LogP) is 7.22. The highest BCUT2D eigenvalue weighted by molar-refractivity contribution is 5.51. The molecule has 0 aliphatic heterocycles. The quantitative estimate of drug-likeness (QED) is 0.307. The Labute approximate surface area is 189 Å². The van der Waals surface area contributed by atoms with Crippen molar-refractivity contribution in [2.24, 2.45) is 5.92 Å². The van der Waals surface area contributed by atoms with Crippen LogP contribution in [0, 0.1) is 5.92 Å². The number of hydrogen-bond donors (Lipinski definition) is 2. The molecule has 4 nitrogen and oxygen atoms in total. The third-order valence-corrected chi connectivity index (χ3v) is 5.39. The summed E-state index contributed by atoms with van der Waals surface area (Å²) < 4.78 is 12.6. The molecular formula is C28H28N2O2. The van der Waals surface area contributed by atoms with E-state index >= 15 is 0 Å². The molecular weight excluding hydrogens is 396 g/mol. The van der Waals surface area contributed by atoms with Crippen molar-refractivity contribution in [1.29, 1.82) is 0 Å². The second kappa shape index (κ2) is 9.48. The molecule has 0 bridgehead atoms. The lowest BCUT2D eigenvalue weighted by Crippen LogP contribution is -2.11. The van der Waals surface area contributed by atoms with Crippen LogP contribution in [0.1, 0.15) is 30.9 Å². The number of hydrogen-bond acceptors (Lipinski definition) is 4. The number of para-hydroxylation sites is 2. The van der Waals surface area contributed by atoms with Gasteiger partial charge in [-0.2, -0.15) is 0 Å². The predicted molar refractivity (Wildman–Crippen MR) is 131 cm³/mol. The van der Waals surface area contributed by atoms with E-state index in [1.54, 1.807) is 0 Å². The van der Waals surface area contributed by atoms with Crippen LogP contribution in [-0.2, 0) is 0 Å². The third kappa shape index (κ3) is 4.86. The monoisotopic (exact) mass is 424 g/mol. The zero-order valence-corrected chi connectivity index (χ0v) is 18.4. The van der Waals surface area contributed by atoms with Gasteiger partial charge in [-0.25, -0.2) is 0 Å². The molecule has 0 saturated heterocycles. The van der Waals surface area contributed by atoms with Crippen LogP contribution in [0.3, 0.4) is 0 Å². The summed E-state index contributed by atoms with van der Waals surface area (Å²) in [5.41, 5.74) is 15.3. The van der Waals surface area contributed by atoms with Crippen LogP contribution >= 0.6 is 0 Å². The van der Waals surface area contributed by atoms with Gasteiger partial charge in [0.05, 0.1) is 0 Å². The Hall–Kier alpha value is -3.92. The maximum absolute atomic E-state index is 6.28. The normalized spacial score (nSPS) is 11.0.